The molecular formula is C18H14ClN3O4. The Morgan fingerprint density at radius 1 is 1.19 bits per heavy atom. The third-order valence-corrected chi connectivity index (χ3v) is 3.84. The summed E-state index contributed by atoms with van der Waals surface area (Å²) >= 11 is 6.09. The van der Waals surface area contributed by atoms with Crippen LogP contribution in [0.1, 0.15) is 5.56 Å². The van der Waals surface area contributed by atoms with Gasteiger partial charge in [0.15, 0.2) is 6.61 Å². The number of benzene rings is 2. The summed E-state index contributed by atoms with van der Waals surface area (Å²) in [4.78, 5) is 35.4. The van der Waals surface area contributed by atoms with Crippen molar-refractivity contribution in [3.63, 3.8) is 0 Å². The first kappa shape index (κ1) is 17.5. The number of nitrogens with two attached hydrogens (primary N) is 1. The Bertz CT molecular complexity index is 912. The fourth-order valence-electron chi connectivity index (χ4n) is 2.36. The molecule has 132 valence electrons. The molecule has 3 rings (SSSR count). The number of primary amides is 1. The number of anilines is 1. The number of hydrazine groups is 1. The van der Waals surface area contributed by atoms with Gasteiger partial charge < -0.3 is 10.5 Å². The van der Waals surface area contributed by atoms with E-state index in [1.807, 2.05) is 6.07 Å². The van der Waals surface area contributed by atoms with E-state index in [0.717, 1.165) is 0 Å². The Labute approximate surface area is 154 Å². The van der Waals surface area contributed by atoms with Crippen molar-refractivity contribution in [3.05, 3.63) is 64.7 Å². The Kier molecular flexibility index (Phi) is 4.90. The Balaban J connectivity index is 1.83. The van der Waals surface area contributed by atoms with E-state index in [4.69, 9.17) is 22.1 Å². The van der Waals surface area contributed by atoms with E-state index in [2.05, 4.69) is 5.43 Å². The van der Waals surface area contributed by atoms with Gasteiger partial charge in [-0.15, -0.1) is 0 Å². The topological polar surface area (TPSA) is 102 Å². The zero-order chi connectivity index (χ0) is 18.7. The minimum atomic E-state index is -0.624. The normalized spacial score (nSPS) is 15.3. The highest BCUT2D eigenvalue weighted by atomic mass is 35.5. The average Bonchev–Trinajstić information content (AvgIpc) is 2.90. The first-order valence-corrected chi connectivity index (χ1v) is 7.96. The lowest BCUT2D eigenvalue weighted by molar-refractivity contribution is -0.120. The third kappa shape index (κ3) is 3.68. The number of para-hydroxylation sites is 1. The van der Waals surface area contributed by atoms with Crippen molar-refractivity contribution in [2.24, 2.45) is 5.73 Å². The summed E-state index contributed by atoms with van der Waals surface area (Å²) in [5.74, 6) is -1.32. The molecule has 1 aliphatic rings. The van der Waals surface area contributed by atoms with Crippen molar-refractivity contribution in [3.8, 4) is 5.75 Å². The lowest BCUT2D eigenvalue weighted by Gasteiger charge is -2.13. The molecule has 0 unspecified atom stereocenters. The maximum Gasteiger partial charge on any atom is 0.282 e. The average molecular weight is 372 g/mol. The number of ether oxygens (including phenoxy) is 1. The quantitative estimate of drug-likeness (QED) is 0.616. The fourth-order valence-corrected chi connectivity index (χ4v) is 2.60. The van der Waals surface area contributed by atoms with Crippen molar-refractivity contribution < 1.29 is 19.1 Å². The van der Waals surface area contributed by atoms with Crippen molar-refractivity contribution >= 4 is 41.1 Å². The molecule has 0 aromatic heterocycles. The summed E-state index contributed by atoms with van der Waals surface area (Å²) in [6.07, 6.45) is 1.43. The molecule has 7 nitrogen and oxygen atoms in total. The summed E-state index contributed by atoms with van der Waals surface area (Å²) in [7, 11) is 0. The van der Waals surface area contributed by atoms with E-state index in [0.29, 0.717) is 11.3 Å². The van der Waals surface area contributed by atoms with Gasteiger partial charge in [-0.3, -0.25) is 19.8 Å². The van der Waals surface area contributed by atoms with Crippen LogP contribution in [0.25, 0.3) is 6.08 Å². The van der Waals surface area contributed by atoms with Crippen LogP contribution in [0, 0.1) is 0 Å². The predicted octanol–water partition coefficient (Wildman–Crippen LogP) is 1.67. The second-order valence-corrected chi connectivity index (χ2v) is 5.83. The third-order valence-electron chi connectivity index (χ3n) is 3.54. The highest BCUT2D eigenvalue weighted by molar-refractivity contribution is 6.33. The number of nitrogens with one attached hydrogen (secondary N) is 1. The van der Waals surface area contributed by atoms with Crippen LogP contribution in [0.5, 0.6) is 5.75 Å². The number of nitrogens with zero attached hydrogens (tertiary/aromatic N) is 1. The maximum atomic E-state index is 12.5. The van der Waals surface area contributed by atoms with E-state index in [-0.39, 0.29) is 23.0 Å². The van der Waals surface area contributed by atoms with Gasteiger partial charge in [-0.1, -0.05) is 35.9 Å². The number of carbonyl (C=O) groups excluding carboxylic acids is 3. The molecule has 1 saturated heterocycles. The Hall–Kier alpha value is -3.32. The minimum absolute atomic E-state index is 0.0178. The number of hydrogen-bond donors (Lipinski definition) is 2. The maximum absolute atomic E-state index is 12.5. The van der Waals surface area contributed by atoms with E-state index in [1.54, 1.807) is 30.3 Å². The van der Waals surface area contributed by atoms with Gasteiger partial charge in [0.2, 0.25) is 0 Å². The van der Waals surface area contributed by atoms with Gasteiger partial charge in [-0.05, 0) is 35.9 Å². The van der Waals surface area contributed by atoms with Crippen LogP contribution in [0.2, 0.25) is 5.02 Å². The number of amides is 3. The zero-order valence-electron chi connectivity index (χ0n) is 13.4. The summed E-state index contributed by atoms with van der Waals surface area (Å²) in [6, 6.07) is 13.4. The molecule has 0 bridgehead atoms. The minimum Gasteiger partial charge on any atom is -0.482 e. The van der Waals surface area contributed by atoms with Gasteiger partial charge in [0.05, 0.1) is 10.7 Å². The van der Waals surface area contributed by atoms with Gasteiger partial charge in [-0.25, -0.2) is 5.01 Å². The van der Waals surface area contributed by atoms with Gasteiger partial charge in [0.1, 0.15) is 11.3 Å². The first-order chi connectivity index (χ1) is 12.5. The van der Waals surface area contributed by atoms with Crippen molar-refractivity contribution in [2.45, 2.75) is 0 Å². The number of halogens is 1. The van der Waals surface area contributed by atoms with Gasteiger partial charge in [0.25, 0.3) is 17.7 Å². The Morgan fingerprint density at radius 2 is 1.92 bits per heavy atom. The standard InChI is InChI=1S/C18H14ClN3O4/c19-14-9-11(6-7-15(14)26-10-16(20)23)8-13-17(24)21-22(18(13)25)12-4-2-1-3-5-12/h1-9H,10H2,(H2,20,23)(H,21,24)/b13-8-. The highest BCUT2D eigenvalue weighted by Crippen LogP contribution is 2.27. The van der Waals surface area contributed by atoms with Crippen LogP contribution < -0.4 is 20.9 Å². The molecule has 1 aliphatic heterocycles. The van der Waals surface area contributed by atoms with E-state index < -0.39 is 17.7 Å². The molecule has 0 spiro atoms. The van der Waals surface area contributed by atoms with Crippen LogP contribution in [0.15, 0.2) is 54.1 Å². The summed E-state index contributed by atoms with van der Waals surface area (Å²) < 4.78 is 5.16. The summed E-state index contributed by atoms with van der Waals surface area (Å²) in [6.45, 7) is -0.299. The van der Waals surface area contributed by atoms with Crippen LogP contribution in [-0.2, 0) is 14.4 Å². The summed E-state index contributed by atoms with van der Waals surface area (Å²) in [5.41, 5.74) is 8.61. The van der Waals surface area contributed by atoms with E-state index >= 15 is 0 Å². The zero-order valence-corrected chi connectivity index (χ0v) is 14.2. The van der Waals surface area contributed by atoms with Crippen LogP contribution in [0.4, 0.5) is 5.69 Å². The van der Waals surface area contributed by atoms with Crippen LogP contribution in [-0.4, -0.2) is 24.3 Å². The van der Waals surface area contributed by atoms with Gasteiger partial charge >= 0.3 is 0 Å². The van der Waals surface area contributed by atoms with Crippen molar-refractivity contribution in [1.82, 2.24) is 5.43 Å². The van der Waals surface area contributed by atoms with Gasteiger partial charge in [-0.2, -0.15) is 0 Å². The van der Waals surface area contributed by atoms with Crippen molar-refractivity contribution in [2.75, 3.05) is 11.6 Å². The van der Waals surface area contributed by atoms with Crippen LogP contribution >= 0.6 is 11.6 Å². The second-order valence-electron chi connectivity index (χ2n) is 5.42. The SMILES string of the molecule is NC(=O)COc1ccc(/C=C2/C(=O)NN(c3ccccc3)C2=O)cc1Cl. The second kappa shape index (κ2) is 7.28. The van der Waals surface area contributed by atoms with E-state index in [9.17, 15) is 14.4 Å². The number of carbonyl (C=O) groups is 3. The highest BCUT2D eigenvalue weighted by Gasteiger charge is 2.34. The molecule has 0 saturated carbocycles. The molecule has 0 atom stereocenters. The molecule has 3 N–H and O–H groups in total. The lowest BCUT2D eigenvalue weighted by atomic mass is 10.1. The van der Waals surface area contributed by atoms with E-state index in [1.165, 1.54) is 23.2 Å². The molecule has 26 heavy (non-hydrogen) atoms. The smallest absolute Gasteiger partial charge is 0.282 e. The lowest BCUT2D eigenvalue weighted by Crippen LogP contribution is -2.35. The molecule has 0 aliphatic carbocycles. The molecule has 3 amide bonds. The number of hydrogen-bond acceptors (Lipinski definition) is 4. The van der Waals surface area contributed by atoms with Crippen molar-refractivity contribution in [1.29, 1.82) is 0 Å². The molecule has 8 heteroatoms. The predicted molar refractivity (Wildman–Crippen MR) is 96.2 cm³/mol. The molecule has 2 aromatic rings. The molecule has 1 heterocycles. The monoisotopic (exact) mass is 371 g/mol. The molecule has 1 fully saturated rings. The molecular weight excluding hydrogens is 358 g/mol. The first-order valence-electron chi connectivity index (χ1n) is 7.58. The number of rotatable bonds is 5. The van der Waals surface area contributed by atoms with Gasteiger partial charge in [0, 0.05) is 0 Å². The summed E-state index contributed by atoms with van der Waals surface area (Å²) in [5, 5.41) is 1.41. The molecule has 0 radical (unpaired) electrons. The largest absolute Gasteiger partial charge is 0.482 e. The molecule has 2 aromatic carbocycles. The fraction of sp³-hybridized carbons (Fsp3) is 0.0556. The van der Waals surface area contributed by atoms with Crippen LogP contribution in [0.3, 0.4) is 0 Å². The Morgan fingerprint density at radius 3 is 2.58 bits per heavy atom.